The topological polar surface area (TPSA) is 115 Å². The number of carbonyl (C=O) groups is 1. The largest absolute Gasteiger partial charge is 0.464 e. The predicted octanol–water partition coefficient (Wildman–Crippen LogP) is -0.601. The van der Waals surface area contributed by atoms with Crippen LogP contribution in [0.1, 0.15) is 13.8 Å². The second kappa shape index (κ2) is 5.83. The Morgan fingerprint density at radius 3 is 2.76 bits per heavy atom. The van der Waals surface area contributed by atoms with Gasteiger partial charge in [0.05, 0.1) is 6.61 Å². The molecule has 0 aromatic carbocycles. The average Bonchev–Trinajstić information content (AvgIpc) is 2.27. The van der Waals surface area contributed by atoms with Crippen LogP contribution in [-0.4, -0.2) is 40.6 Å². The first-order chi connectivity index (χ1) is 8.06. The van der Waals surface area contributed by atoms with Crippen molar-refractivity contribution in [3.05, 3.63) is 0 Å². The number of ether oxygens (including phenoxy) is 1. The Morgan fingerprint density at radius 2 is 2.18 bits per heavy atom. The second-order valence-electron chi connectivity index (χ2n) is 3.21. The van der Waals surface area contributed by atoms with Gasteiger partial charge >= 0.3 is 6.01 Å². The molecule has 0 saturated heterocycles. The Kier molecular flexibility index (Phi) is 4.44. The van der Waals surface area contributed by atoms with Crippen molar-refractivity contribution < 1.29 is 9.53 Å². The van der Waals surface area contributed by atoms with E-state index >= 15 is 0 Å². The molecule has 1 atom stereocenters. The normalized spacial score (nSPS) is 11.7. The summed E-state index contributed by atoms with van der Waals surface area (Å²) in [5, 5.41) is 5.30. The van der Waals surface area contributed by atoms with Gasteiger partial charge in [0.25, 0.3) is 0 Å². The van der Waals surface area contributed by atoms with E-state index in [4.69, 9.17) is 10.5 Å². The molecule has 4 N–H and O–H groups in total. The standard InChI is InChI=1S/C9H16N6O2/c1-4-17-9-14-7(10)13-8(15-9)12-5(2)6(16)11-3/h5H,4H2,1-3H3,(H,11,16)(H3,10,12,13,14,15). The number of hydrogen-bond donors (Lipinski definition) is 3. The first-order valence-electron chi connectivity index (χ1n) is 5.19. The molecule has 0 spiro atoms. The Labute approximate surface area is 99.0 Å². The molecule has 8 heteroatoms. The van der Waals surface area contributed by atoms with E-state index in [1.54, 1.807) is 20.9 Å². The van der Waals surface area contributed by atoms with Crippen molar-refractivity contribution in [1.82, 2.24) is 20.3 Å². The van der Waals surface area contributed by atoms with Gasteiger partial charge in [-0.05, 0) is 13.8 Å². The third kappa shape index (κ3) is 3.74. The van der Waals surface area contributed by atoms with Crippen molar-refractivity contribution in [3.63, 3.8) is 0 Å². The maximum atomic E-state index is 11.3. The van der Waals surface area contributed by atoms with Gasteiger partial charge in [-0.15, -0.1) is 0 Å². The summed E-state index contributed by atoms with van der Waals surface area (Å²) in [6, 6.07) is -0.345. The number of anilines is 2. The van der Waals surface area contributed by atoms with Gasteiger partial charge < -0.3 is 21.1 Å². The second-order valence-corrected chi connectivity index (χ2v) is 3.21. The third-order valence-corrected chi connectivity index (χ3v) is 1.89. The third-order valence-electron chi connectivity index (χ3n) is 1.89. The van der Waals surface area contributed by atoms with E-state index in [1.807, 2.05) is 0 Å². The van der Waals surface area contributed by atoms with E-state index < -0.39 is 6.04 Å². The highest BCUT2D eigenvalue weighted by Crippen LogP contribution is 2.09. The summed E-state index contributed by atoms with van der Waals surface area (Å²) in [6.45, 7) is 3.91. The molecule has 1 heterocycles. The Bertz CT molecular complexity index is 397. The van der Waals surface area contributed by atoms with Gasteiger partial charge in [0.1, 0.15) is 6.04 Å². The maximum Gasteiger partial charge on any atom is 0.323 e. The molecule has 0 aliphatic carbocycles. The van der Waals surface area contributed by atoms with Gasteiger partial charge in [-0.25, -0.2) is 0 Å². The summed E-state index contributed by atoms with van der Waals surface area (Å²) >= 11 is 0. The quantitative estimate of drug-likeness (QED) is 0.629. The molecule has 1 unspecified atom stereocenters. The average molecular weight is 240 g/mol. The highest BCUT2D eigenvalue weighted by molar-refractivity contribution is 5.83. The molecule has 1 rings (SSSR count). The van der Waals surface area contributed by atoms with Crippen LogP contribution in [0.25, 0.3) is 0 Å². The molecule has 94 valence electrons. The van der Waals surface area contributed by atoms with Crippen molar-refractivity contribution >= 4 is 17.8 Å². The minimum absolute atomic E-state index is 0.0371. The van der Waals surface area contributed by atoms with Crippen LogP contribution in [0, 0.1) is 0 Å². The monoisotopic (exact) mass is 240 g/mol. The number of amides is 1. The Morgan fingerprint density at radius 1 is 1.47 bits per heavy atom. The van der Waals surface area contributed by atoms with E-state index in [9.17, 15) is 4.79 Å². The lowest BCUT2D eigenvalue weighted by Crippen LogP contribution is -2.35. The molecule has 0 bridgehead atoms. The molecule has 0 radical (unpaired) electrons. The number of aromatic nitrogens is 3. The van der Waals surface area contributed by atoms with Crippen LogP contribution < -0.4 is 21.1 Å². The van der Waals surface area contributed by atoms with Crippen LogP contribution >= 0.6 is 0 Å². The van der Waals surface area contributed by atoms with Crippen LogP contribution in [0.2, 0.25) is 0 Å². The number of nitrogens with two attached hydrogens (primary N) is 1. The molecule has 8 nitrogen and oxygen atoms in total. The highest BCUT2D eigenvalue weighted by atomic mass is 16.5. The summed E-state index contributed by atoms with van der Waals surface area (Å²) < 4.78 is 5.11. The van der Waals surface area contributed by atoms with Gasteiger partial charge in [-0.1, -0.05) is 0 Å². The minimum atomic E-state index is -0.476. The fourth-order valence-electron chi connectivity index (χ4n) is 1.11. The summed E-state index contributed by atoms with van der Waals surface area (Å²) in [5.74, 6) is 0.0639. The summed E-state index contributed by atoms with van der Waals surface area (Å²) in [4.78, 5) is 22.9. The van der Waals surface area contributed by atoms with Crippen LogP contribution in [0.5, 0.6) is 6.01 Å². The summed E-state index contributed by atoms with van der Waals surface area (Å²) in [5.41, 5.74) is 5.49. The van der Waals surface area contributed by atoms with Gasteiger partial charge in [0.2, 0.25) is 17.8 Å². The zero-order valence-corrected chi connectivity index (χ0v) is 10.0. The minimum Gasteiger partial charge on any atom is -0.464 e. The maximum absolute atomic E-state index is 11.3. The molecule has 1 aromatic heterocycles. The zero-order valence-electron chi connectivity index (χ0n) is 10.0. The lowest BCUT2D eigenvalue weighted by molar-refractivity contribution is -0.121. The van der Waals surface area contributed by atoms with E-state index in [1.165, 1.54) is 0 Å². The molecular weight excluding hydrogens is 224 g/mol. The van der Waals surface area contributed by atoms with Crippen LogP contribution in [0.3, 0.4) is 0 Å². The molecule has 0 aliphatic rings. The van der Waals surface area contributed by atoms with Crippen molar-refractivity contribution in [2.45, 2.75) is 19.9 Å². The summed E-state index contributed by atoms with van der Waals surface area (Å²) in [6.07, 6.45) is 0. The molecule has 1 amide bonds. The van der Waals surface area contributed by atoms with Gasteiger partial charge in [-0.2, -0.15) is 15.0 Å². The van der Waals surface area contributed by atoms with Crippen molar-refractivity contribution in [2.75, 3.05) is 24.7 Å². The number of nitrogens with zero attached hydrogens (tertiary/aromatic N) is 3. The van der Waals surface area contributed by atoms with E-state index in [0.717, 1.165) is 0 Å². The molecule has 0 aliphatic heterocycles. The van der Waals surface area contributed by atoms with Crippen molar-refractivity contribution in [3.8, 4) is 6.01 Å². The fourth-order valence-corrected chi connectivity index (χ4v) is 1.11. The highest BCUT2D eigenvalue weighted by Gasteiger charge is 2.13. The molecule has 1 aromatic rings. The number of rotatable bonds is 5. The van der Waals surface area contributed by atoms with Crippen LogP contribution in [-0.2, 0) is 4.79 Å². The zero-order chi connectivity index (χ0) is 12.8. The SMILES string of the molecule is CCOc1nc(N)nc(NC(C)C(=O)NC)n1. The van der Waals surface area contributed by atoms with Crippen molar-refractivity contribution in [1.29, 1.82) is 0 Å². The lowest BCUT2D eigenvalue weighted by atomic mass is 10.3. The van der Waals surface area contributed by atoms with Gasteiger partial charge in [0.15, 0.2) is 0 Å². The number of hydrogen-bond acceptors (Lipinski definition) is 7. The van der Waals surface area contributed by atoms with E-state index in [2.05, 4.69) is 25.6 Å². The predicted molar refractivity (Wildman–Crippen MR) is 62.6 cm³/mol. The first-order valence-corrected chi connectivity index (χ1v) is 5.19. The molecule has 0 saturated carbocycles. The van der Waals surface area contributed by atoms with Crippen molar-refractivity contribution in [2.24, 2.45) is 0 Å². The first kappa shape index (κ1) is 12.9. The molecule has 0 fully saturated rings. The summed E-state index contributed by atoms with van der Waals surface area (Å²) in [7, 11) is 1.55. The fraction of sp³-hybridized carbons (Fsp3) is 0.556. The number of likely N-dealkylation sites (N-methyl/N-ethyl adjacent to an activating group) is 1. The van der Waals surface area contributed by atoms with Crippen LogP contribution in [0.15, 0.2) is 0 Å². The number of carbonyl (C=O) groups excluding carboxylic acids is 1. The Hall–Kier alpha value is -2.12. The Balaban J connectivity index is 2.80. The smallest absolute Gasteiger partial charge is 0.323 e. The van der Waals surface area contributed by atoms with Crippen LogP contribution in [0.4, 0.5) is 11.9 Å². The van der Waals surface area contributed by atoms with Gasteiger partial charge in [0, 0.05) is 7.05 Å². The lowest BCUT2D eigenvalue weighted by Gasteiger charge is -2.12. The number of nitrogen functional groups attached to an aromatic ring is 1. The van der Waals surface area contributed by atoms with E-state index in [0.29, 0.717) is 6.61 Å². The number of nitrogens with one attached hydrogen (secondary N) is 2. The molecular formula is C9H16N6O2. The van der Waals surface area contributed by atoms with Gasteiger partial charge in [-0.3, -0.25) is 4.79 Å². The van der Waals surface area contributed by atoms with E-state index in [-0.39, 0.29) is 23.8 Å². The molecule has 17 heavy (non-hydrogen) atoms.